The second-order valence-corrected chi connectivity index (χ2v) is 5.95. The summed E-state index contributed by atoms with van der Waals surface area (Å²) >= 11 is 0. The Bertz CT molecular complexity index is 473. The summed E-state index contributed by atoms with van der Waals surface area (Å²) in [5.74, 6) is 0.508. The van der Waals surface area contributed by atoms with Crippen LogP contribution in [0.2, 0.25) is 0 Å². The molecule has 1 saturated carbocycles. The van der Waals surface area contributed by atoms with Gasteiger partial charge in [0, 0.05) is 12.6 Å². The molecule has 0 radical (unpaired) electrons. The Balaban J connectivity index is 1.89. The summed E-state index contributed by atoms with van der Waals surface area (Å²) in [4.78, 5) is 0. The maximum Gasteiger partial charge on any atom is 0.461 e. The highest BCUT2D eigenvalue weighted by molar-refractivity contribution is 5.28. The molecule has 22 heavy (non-hydrogen) atoms. The summed E-state index contributed by atoms with van der Waals surface area (Å²) in [5.41, 5.74) is 0.737. The molecule has 0 aliphatic heterocycles. The van der Waals surface area contributed by atoms with Crippen LogP contribution in [0.15, 0.2) is 24.3 Å². The zero-order valence-corrected chi connectivity index (χ0v) is 12.5. The predicted octanol–water partition coefficient (Wildman–Crippen LogP) is 4.59. The van der Waals surface area contributed by atoms with Crippen molar-refractivity contribution in [3.8, 4) is 5.75 Å². The second-order valence-electron chi connectivity index (χ2n) is 5.95. The molecule has 1 aliphatic rings. The normalized spacial score (nSPS) is 22.8. The minimum atomic E-state index is -4.47. The Kier molecular flexibility index (Phi) is 5.67. The summed E-state index contributed by atoms with van der Waals surface area (Å²) in [5, 5.41) is 3.38. The smallest absolute Gasteiger partial charge is 0.428 e. The molecule has 0 bridgehead atoms. The summed E-state index contributed by atoms with van der Waals surface area (Å²) in [6.07, 6.45) is -3.76. The van der Waals surface area contributed by atoms with E-state index in [2.05, 4.69) is 17.0 Å². The minimum absolute atomic E-state index is 0.248. The van der Waals surface area contributed by atoms with Crippen LogP contribution in [0.1, 0.15) is 38.2 Å². The van der Waals surface area contributed by atoms with E-state index in [0.717, 1.165) is 24.3 Å². The molecule has 0 aromatic heterocycles. The van der Waals surface area contributed by atoms with E-state index in [1.165, 1.54) is 31.0 Å². The molecule has 2 rings (SSSR count). The van der Waals surface area contributed by atoms with Crippen molar-refractivity contribution in [2.75, 3.05) is 0 Å². The van der Waals surface area contributed by atoms with Crippen molar-refractivity contribution in [3.05, 3.63) is 29.8 Å². The highest BCUT2D eigenvalue weighted by atomic mass is 19.3. The molecule has 124 valence electrons. The first kappa shape index (κ1) is 17.1. The average molecular weight is 319 g/mol. The number of hydrogen-bond acceptors (Lipinski definition) is 2. The third-order valence-corrected chi connectivity index (χ3v) is 4.02. The van der Waals surface area contributed by atoms with Gasteiger partial charge in [0.15, 0.2) is 0 Å². The standard InChI is InChI=1S/C16H21F4NO/c1-11-5-7-13(8-6-11)21-10-12-3-2-4-14(9-12)22-16(19,20)15(17)18/h2-4,9,11,13,15,21H,5-8,10H2,1H3. The lowest BCUT2D eigenvalue weighted by molar-refractivity contribution is -0.253. The van der Waals surface area contributed by atoms with E-state index in [-0.39, 0.29) is 5.75 Å². The van der Waals surface area contributed by atoms with E-state index in [9.17, 15) is 17.6 Å². The number of hydrogen-bond donors (Lipinski definition) is 1. The summed E-state index contributed by atoms with van der Waals surface area (Å²) < 4.78 is 54.1. The third kappa shape index (κ3) is 4.87. The second kappa shape index (κ2) is 7.31. The first-order valence-electron chi connectivity index (χ1n) is 7.54. The number of ether oxygens (including phenoxy) is 1. The van der Waals surface area contributed by atoms with Crippen LogP contribution in [-0.2, 0) is 6.54 Å². The Labute approximate surface area is 127 Å². The van der Waals surface area contributed by atoms with Crippen LogP contribution in [-0.4, -0.2) is 18.6 Å². The van der Waals surface area contributed by atoms with Gasteiger partial charge in [-0.25, -0.2) is 0 Å². The fourth-order valence-corrected chi connectivity index (χ4v) is 2.65. The topological polar surface area (TPSA) is 21.3 Å². The van der Waals surface area contributed by atoms with Gasteiger partial charge in [0.1, 0.15) is 5.75 Å². The van der Waals surface area contributed by atoms with Gasteiger partial charge < -0.3 is 10.1 Å². The number of nitrogens with one attached hydrogen (secondary N) is 1. The van der Waals surface area contributed by atoms with Crippen LogP contribution in [0.3, 0.4) is 0 Å². The van der Waals surface area contributed by atoms with Crippen molar-refractivity contribution in [3.63, 3.8) is 0 Å². The highest BCUT2D eigenvalue weighted by Gasteiger charge is 2.43. The minimum Gasteiger partial charge on any atom is -0.428 e. The largest absolute Gasteiger partial charge is 0.461 e. The van der Waals surface area contributed by atoms with Gasteiger partial charge >= 0.3 is 12.5 Å². The molecular formula is C16H21F4NO. The fraction of sp³-hybridized carbons (Fsp3) is 0.625. The van der Waals surface area contributed by atoms with Crippen LogP contribution in [0.5, 0.6) is 5.75 Å². The van der Waals surface area contributed by atoms with E-state index < -0.39 is 12.5 Å². The summed E-state index contributed by atoms with van der Waals surface area (Å²) in [7, 11) is 0. The molecule has 1 aromatic carbocycles. The van der Waals surface area contributed by atoms with E-state index in [1.54, 1.807) is 6.07 Å². The molecular weight excluding hydrogens is 298 g/mol. The molecule has 0 atom stereocenters. The van der Waals surface area contributed by atoms with Crippen LogP contribution < -0.4 is 10.1 Å². The first-order chi connectivity index (χ1) is 10.4. The molecule has 1 fully saturated rings. The molecule has 1 aromatic rings. The molecule has 0 amide bonds. The molecule has 6 heteroatoms. The Morgan fingerprint density at radius 3 is 2.55 bits per heavy atom. The number of alkyl halides is 4. The van der Waals surface area contributed by atoms with Crippen LogP contribution in [0.4, 0.5) is 17.6 Å². The zero-order valence-electron chi connectivity index (χ0n) is 12.5. The average Bonchev–Trinajstić information content (AvgIpc) is 2.46. The maximum absolute atomic E-state index is 12.9. The summed E-state index contributed by atoms with van der Waals surface area (Å²) in [6.45, 7) is 2.75. The van der Waals surface area contributed by atoms with Gasteiger partial charge in [0.05, 0.1) is 0 Å². The number of benzene rings is 1. The van der Waals surface area contributed by atoms with Gasteiger partial charge in [-0.15, -0.1) is 0 Å². The molecule has 1 aliphatic carbocycles. The monoisotopic (exact) mass is 319 g/mol. The third-order valence-electron chi connectivity index (χ3n) is 4.02. The predicted molar refractivity (Wildman–Crippen MR) is 76.3 cm³/mol. The van der Waals surface area contributed by atoms with Gasteiger partial charge in [0.25, 0.3) is 0 Å². The van der Waals surface area contributed by atoms with Crippen molar-refractivity contribution in [2.45, 2.75) is 57.7 Å². The molecule has 2 nitrogen and oxygen atoms in total. The Hall–Kier alpha value is -1.30. The number of rotatable bonds is 6. The van der Waals surface area contributed by atoms with E-state index in [1.807, 2.05) is 0 Å². The highest BCUT2D eigenvalue weighted by Crippen LogP contribution is 2.28. The molecule has 1 N–H and O–H groups in total. The maximum atomic E-state index is 12.9. The van der Waals surface area contributed by atoms with Crippen molar-refractivity contribution < 1.29 is 22.3 Å². The Morgan fingerprint density at radius 1 is 1.23 bits per heavy atom. The SMILES string of the molecule is CC1CCC(NCc2cccc(OC(F)(F)C(F)F)c2)CC1. The molecule has 0 saturated heterocycles. The van der Waals surface area contributed by atoms with Crippen molar-refractivity contribution in [2.24, 2.45) is 5.92 Å². The van der Waals surface area contributed by atoms with E-state index in [0.29, 0.717) is 12.6 Å². The van der Waals surface area contributed by atoms with Crippen molar-refractivity contribution in [1.82, 2.24) is 5.32 Å². The van der Waals surface area contributed by atoms with Crippen LogP contribution in [0, 0.1) is 5.92 Å². The Morgan fingerprint density at radius 2 is 1.91 bits per heavy atom. The fourth-order valence-electron chi connectivity index (χ4n) is 2.65. The summed E-state index contributed by atoms with van der Waals surface area (Å²) in [6, 6.07) is 6.32. The van der Waals surface area contributed by atoms with Crippen LogP contribution in [0.25, 0.3) is 0 Å². The van der Waals surface area contributed by atoms with Gasteiger partial charge in [-0.3, -0.25) is 0 Å². The van der Waals surface area contributed by atoms with E-state index >= 15 is 0 Å². The first-order valence-corrected chi connectivity index (χ1v) is 7.54. The molecule has 0 heterocycles. The van der Waals surface area contributed by atoms with Gasteiger partial charge in [-0.2, -0.15) is 17.6 Å². The zero-order chi connectivity index (χ0) is 16.2. The van der Waals surface area contributed by atoms with Crippen molar-refractivity contribution in [1.29, 1.82) is 0 Å². The number of halogens is 4. The van der Waals surface area contributed by atoms with Gasteiger partial charge in [-0.05, 0) is 49.3 Å². The van der Waals surface area contributed by atoms with E-state index in [4.69, 9.17) is 0 Å². The molecule has 0 unspecified atom stereocenters. The lowest BCUT2D eigenvalue weighted by Gasteiger charge is -2.27. The lowest BCUT2D eigenvalue weighted by Crippen LogP contribution is -2.33. The van der Waals surface area contributed by atoms with Crippen molar-refractivity contribution >= 4 is 0 Å². The molecule has 0 spiro atoms. The van der Waals surface area contributed by atoms with Gasteiger partial charge in [0.2, 0.25) is 0 Å². The quantitative estimate of drug-likeness (QED) is 0.774. The lowest BCUT2D eigenvalue weighted by atomic mass is 9.87. The van der Waals surface area contributed by atoms with Gasteiger partial charge in [-0.1, -0.05) is 19.1 Å². The van der Waals surface area contributed by atoms with Crippen LogP contribution >= 0.6 is 0 Å².